The molecular weight excluding hydrogens is 1610 g/mol. The number of fused-ring (bicyclic) bond motifs is 2. The standard InChI is InChI=1S/2C26H44N7O17P3S/c2*1-14(2)9-17(35)54-8-7-28-16(34)5-6-29-24(38)21(37)26(3,4)11-47-53(44,45)50-52(42,43)46-10-15-20(49-51(39,40)41)19(36)25(48-15)33-13-32-18-22(27)30-12-31-23(18)33/h2*12-15,19-21,25,36-37H,5-11H2,1-4H3,(H,28,34)(H,29,38)(H,42,43)(H,44,45)(H2,27,30,31)(H2,39,40,41)/t2*15-,19-,20-,21+,25-/m11/s1. The van der Waals surface area contributed by atoms with Crippen LogP contribution in [0, 0.1) is 22.7 Å². The molecule has 108 heavy (non-hydrogen) atoms. The van der Waals surface area contributed by atoms with Crippen molar-refractivity contribution >= 4 is 138 Å². The molecule has 4 aromatic rings. The van der Waals surface area contributed by atoms with Crippen LogP contribution in [0.2, 0.25) is 0 Å². The number of imidazole rings is 2. The van der Waals surface area contributed by atoms with E-state index >= 15 is 0 Å². The van der Waals surface area contributed by atoms with Crippen LogP contribution in [0.3, 0.4) is 0 Å². The maximum Gasteiger partial charge on any atom is 0.481 e. The Morgan fingerprint density at radius 2 is 0.861 bits per heavy atom. The van der Waals surface area contributed by atoms with Gasteiger partial charge in [0.05, 0.1) is 39.1 Å². The predicted octanol–water partition coefficient (Wildman–Crippen LogP) is -0.578. The zero-order chi connectivity index (χ0) is 81.3. The number of nitrogen functional groups attached to an aromatic ring is 2. The van der Waals surface area contributed by atoms with Gasteiger partial charge in [-0.3, -0.25) is 65.0 Å². The molecule has 2 aliphatic rings. The fraction of sp³-hybridized carbons (Fsp3) is 0.692. The molecule has 6 heterocycles. The van der Waals surface area contributed by atoms with E-state index in [2.05, 4.69) is 68.8 Å². The Hall–Kier alpha value is -4.88. The molecule has 4 aromatic heterocycles. The zero-order valence-corrected chi connectivity index (χ0v) is 65.7. The number of nitrogens with zero attached hydrogens (tertiary/aromatic N) is 8. The summed E-state index contributed by atoms with van der Waals surface area (Å²) in [6, 6.07) is 0. The number of thioether (sulfide) groups is 2. The van der Waals surface area contributed by atoms with Crippen molar-refractivity contribution in [1.82, 2.24) is 60.3 Å². The van der Waals surface area contributed by atoms with E-state index < -0.39 is 169 Å². The topological polar surface area (TPSA) is 727 Å². The fourth-order valence-electron chi connectivity index (χ4n) is 9.37. The third-order valence-electron chi connectivity index (χ3n) is 14.7. The Labute approximate surface area is 622 Å². The van der Waals surface area contributed by atoms with E-state index in [4.69, 9.17) is 39.0 Å². The third-order valence-corrected chi connectivity index (χ3v) is 22.7. The van der Waals surface area contributed by atoms with Crippen molar-refractivity contribution in [3.63, 3.8) is 0 Å². The van der Waals surface area contributed by atoms with Gasteiger partial charge < -0.3 is 102 Å². The van der Waals surface area contributed by atoms with Gasteiger partial charge in [0.2, 0.25) is 23.6 Å². The molecule has 4 amide bonds. The van der Waals surface area contributed by atoms with Crippen LogP contribution in [-0.4, -0.2) is 245 Å². The quantitative estimate of drug-likeness (QED) is 0.0195. The highest BCUT2D eigenvalue weighted by molar-refractivity contribution is 8.13. The Morgan fingerprint density at radius 1 is 0.528 bits per heavy atom. The number of carbonyl (C=O) groups excluding carboxylic acids is 6. The highest BCUT2D eigenvalue weighted by Crippen LogP contribution is 2.63. The maximum absolute atomic E-state index is 12.7. The van der Waals surface area contributed by atoms with Crippen LogP contribution in [0.25, 0.3) is 22.3 Å². The molecule has 0 saturated carbocycles. The number of rotatable bonds is 42. The first kappa shape index (κ1) is 93.7. The van der Waals surface area contributed by atoms with E-state index in [1.165, 1.54) is 27.7 Å². The van der Waals surface area contributed by atoms with Gasteiger partial charge in [0, 0.05) is 74.2 Å². The molecule has 20 N–H and O–H groups in total. The summed E-state index contributed by atoms with van der Waals surface area (Å²) in [7, 11) is -32.7. The summed E-state index contributed by atoms with van der Waals surface area (Å²) in [6.07, 6.45) is -12.9. The number of nitrogens with two attached hydrogens (primary N) is 2. The van der Waals surface area contributed by atoms with Crippen molar-refractivity contribution in [2.24, 2.45) is 22.7 Å². The minimum Gasteiger partial charge on any atom is -0.386 e. The molecule has 48 nitrogen and oxygen atoms in total. The summed E-state index contributed by atoms with van der Waals surface area (Å²) < 4.78 is 124. The van der Waals surface area contributed by atoms with E-state index in [0.29, 0.717) is 24.3 Å². The number of carbonyl (C=O) groups is 6. The molecular formula is C52H88N14O34P6S2. The summed E-state index contributed by atoms with van der Waals surface area (Å²) in [6.45, 7) is 8.73. The zero-order valence-electron chi connectivity index (χ0n) is 58.7. The van der Waals surface area contributed by atoms with E-state index in [1.54, 1.807) is 0 Å². The van der Waals surface area contributed by atoms with E-state index in [-0.39, 0.29) is 95.1 Å². The smallest absolute Gasteiger partial charge is 0.386 e. The Morgan fingerprint density at radius 3 is 1.19 bits per heavy atom. The summed E-state index contributed by atoms with van der Waals surface area (Å²) in [5.74, 6) is -1.69. The van der Waals surface area contributed by atoms with Crippen LogP contribution in [-0.2, 0) is 101 Å². The monoisotopic (exact) mass is 1700 g/mol. The molecule has 6 rings (SSSR count). The summed E-state index contributed by atoms with van der Waals surface area (Å²) >= 11 is 2.20. The summed E-state index contributed by atoms with van der Waals surface area (Å²) in [4.78, 5) is 174. The molecule has 0 aromatic carbocycles. The van der Waals surface area contributed by atoms with Gasteiger partial charge in [-0.1, -0.05) is 78.9 Å². The first-order valence-electron chi connectivity index (χ1n) is 31.9. The molecule has 4 unspecified atom stereocenters. The molecule has 14 atom stereocenters. The molecule has 0 spiro atoms. The van der Waals surface area contributed by atoms with Crippen molar-refractivity contribution in [1.29, 1.82) is 0 Å². The lowest BCUT2D eigenvalue weighted by atomic mass is 9.87. The second kappa shape index (κ2) is 40.2. The summed E-state index contributed by atoms with van der Waals surface area (Å²) in [5, 5.41) is 52.7. The van der Waals surface area contributed by atoms with Crippen LogP contribution in [0.4, 0.5) is 11.6 Å². The number of nitrogens with one attached hydrogen (secondary N) is 4. The SMILES string of the molecule is CC(C)CC(=O)SCCNC(=O)CCNC(=O)[C@H](O)C(C)(C)COP(=O)(O)OP(=O)(O)OC[C@H]1O[C@@H](n2cnc3c(N)ncnc32)[C@H](O)[C@@H]1OP(=O)(O)O.CC(C)CC(=O)SCCNC(=O)CCNC(=O)[C@H](O)C(C)(C)COP(=O)(O)OP(=O)(O)OC[C@H]1O[C@@H](n2cnc3c(N)ncnc32)[C@H](O)[C@@H]1OP(=O)(O)O. The van der Waals surface area contributed by atoms with Crippen molar-refractivity contribution < 1.29 is 161 Å². The second-order valence-electron chi connectivity index (χ2n) is 25.8. The van der Waals surface area contributed by atoms with Crippen molar-refractivity contribution in [2.45, 2.75) is 142 Å². The lowest BCUT2D eigenvalue weighted by Crippen LogP contribution is -2.46. The van der Waals surface area contributed by atoms with Gasteiger partial charge in [-0.25, -0.2) is 57.3 Å². The van der Waals surface area contributed by atoms with Gasteiger partial charge in [-0.2, -0.15) is 8.62 Å². The number of aromatic nitrogens is 8. The molecule has 0 aliphatic carbocycles. The minimum atomic E-state index is -5.56. The lowest BCUT2D eigenvalue weighted by Gasteiger charge is -2.30. The molecule has 0 bridgehead atoms. The average molecular weight is 1700 g/mol. The van der Waals surface area contributed by atoms with Crippen LogP contribution >= 0.6 is 70.5 Å². The number of hydrogen-bond donors (Lipinski definition) is 18. The minimum absolute atomic E-state index is 0.0104. The molecule has 56 heteroatoms. The van der Waals surface area contributed by atoms with Crippen LogP contribution in [0.5, 0.6) is 0 Å². The Bertz CT molecular complexity index is 3810. The second-order valence-corrected chi connectivity index (χ2v) is 36.6. The predicted molar refractivity (Wildman–Crippen MR) is 373 cm³/mol. The van der Waals surface area contributed by atoms with Crippen molar-refractivity contribution in [2.75, 3.05) is 75.6 Å². The van der Waals surface area contributed by atoms with Crippen molar-refractivity contribution in [3.05, 3.63) is 25.3 Å². The van der Waals surface area contributed by atoms with Gasteiger partial charge in [0.1, 0.15) is 72.5 Å². The van der Waals surface area contributed by atoms with Crippen LogP contribution in [0.1, 0.15) is 93.5 Å². The highest BCUT2D eigenvalue weighted by atomic mass is 32.2. The average Bonchev–Trinajstić information content (AvgIpc) is 1.62. The number of phosphoric ester groups is 6. The first-order chi connectivity index (χ1) is 49.8. The highest BCUT2D eigenvalue weighted by Gasteiger charge is 2.53. The van der Waals surface area contributed by atoms with Crippen LogP contribution < -0.4 is 32.7 Å². The van der Waals surface area contributed by atoms with Gasteiger partial charge in [0.25, 0.3) is 0 Å². The molecule has 612 valence electrons. The Kier molecular flexibility index (Phi) is 34.9. The van der Waals surface area contributed by atoms with E-state index in [0.717, 1.165) is 58.0 Å². The maximum atomic E-state index is 12.7. The van der Waals surface area contributed by atoms with E-state index in [9.17, 15) is 116 Å². The van der Waals surface area contributed by atoms with Gasteiger partial charge in [-0.15, -0.1) is 0 Å². The number of hydrogen-bond acceptors (Lipinski definition) is 36. The van der Waals surface area contributed by atoms with Gasteiger partial charge in [-0.05, 0) is 11.8 Å². The Balaban J connectivity index is 0.000000387. The number of ether oxygens (including phenoxy) is 2. The molecule has 2 aliphatic heterocycles. The number of aliphatic hydroxyl groups excluding tert-OH is 4. The number of anilines is 2. The fourth-order valence-corrected chi connectivity index (χ4v) is 16.8. The van der Waals surface area contributed by atoms with Crippen LogP contribution in [0.15, 0.2) is 25.3 Å². The third kappa shape index (κ3) is 30.2. The summed E-state index contributed by atoms with van der Waals surface area (Å²) in [5.41, 5.74) is 8.53. The number of amides is 4. The largest absolute Gasteiger partial charge is 0.481 e. The number of phosphoric acid groups is 6. The number of aliphatic hydroxyl groups is 4. The first-order valence-corrected chi connectivity index (χ1v) is 42.9. The van der Waals surface area contributed by atoms with Gasteiger partial charge >= 0.3 is 46.9 Å². The molecule has 2 fully saturated rings. The normalized spacial score (nSPS) is 22.1. The lowest BCUT2D eigenvalue weighted by molar-refractivity contribution is -0.137. The van der Waals surface area contributed by atoms with Crippen molar-refractivity contribution in [3.8, 4) is 0 Å². The molecule has 0 radical (unpaired) electrons. The molecule has 2 saturated heterocycles. The van der Waals surface area contributed by atoms with E-state index in [1.807, 2.05) is 27.7 Å². The van der Waals surface area contributed by atoms with Gasteiger partial charge in [0.15, 0.2) is 45.6 Å².